The highest BCUT2D eigenvalue weighted by Crippen LogP contribution is 2.38. The first-order valence-electron chi connectivity index (χ1n) is 9.25. The van der Waals surface area contributed by atoms with Crippen LogP contribution in [0, 0.1) is 5.92 Å². The largest absolute Gasteiger partial charge is 0.493 e. The Morgan fingerprint density at radius 2 is 2.28 bits per heavy atom. The van der Waals surface area contributed by atoms with E-state index in [1.54, 1.807) is 0 Å². The second-order valence-electron chi connectivity index (χ2n) is 6.91. The fourth-order valence-electron chi connectivity index (χ4n) is 3.46. The van der Waals surface area contributed by atoms with Crippen molar-refractivity contribution in [3.05, 3.63) is 41.6 Å². The average molecular weight is 336 g/mol. The van der Waals surface area contributed by atoms with Gasteiger partial charge in [-0.3, -0.25) is 9.79 Å². The summed E-state index contributed by atoms with van der Waals surface area (Å²) in [6.45, 7) is 3.42. The summed E-state index contributed by atoms with van der Waals surface area (Å²) in [6.07, 6.45) is 11.0. The minimum atomic E-state index is 0.232. The van der Waals surface area contributed by atoms with Crippen molar-refractivity contribution < 1.29 is 9.53 Å². The third kappa shape index (κ3) is 3.53. The molecule has 0 bridgehead atoms. The molecule has 0 atom stereocenters. The Balaban J connectivity index is 1.64. The molecule has 4 nitrogen and oxygen atoms in total. The average Bonchev–Trinajstić information content (AvgIpc) is 3.28. The van der Waals surface area contributed by atoms with Gasteiger partial charge in [0.2, 0.25) is 5.91 Å². The Hall–Kier alpha value is -2.36. The molecule has 0 aromatic heterocycles. The molecule has 1 amide bonds. The van der Waals surface area contributed by atoms with E-state index in [0.717, 1.165) is 35.5 Å². The summed E-state index contributed by atoms with van der Waals surface area (Å²) in [7, 11) is 0. The lowest BCUT2D eigenvalue weighted by molar-refractivity contribution is -0.118. The number of carbonyl (C=O) groups is 1. The molecular formula is C21H24N2O2. The first-order valence-corrected chi connectivity index (χ1v) is 9.25. The smallest absolute Gasteiger partial charge is 0.227 e. The van der Waals surface area contributed by atoms with Crippen molar-refractivity contribution in [2.45, 2.75) is 39.0 Å². The van der Waals surface area contributed by atoms with Crippen LogP contribution in [-0.4, -0.2) is 25.3 Å². The van der Waals surface area contributed by atoms with E-state index in [2.05, 4.69) is 23.2 Å². The molecule has 2 aliphatic heterocycles. The van der Waals surface area contributed by atoms with Crippen LogP contribution in [0.25, 0.3) is 5.57 Å². The number of carbonyl (C=O) groups excluding carboxylic acids is 1. The maximum absolute atomic E-state index is 12.6. The SMILES string of the molecule is CCN(C(=O)CC1CC1)c1ccc2c(c1)/C(=C/C1=CCC=N1)CCO2. The van der Waals surface area contributed by atoms with Crippen LogP contribution in [0.15, 0.2) is 41.0 Å². The Labute approximate surface area is 148 Å². The van der Waals surface area contributed by atoms with E-state index >= 15 is 0 Å². The van der Waals surface area contributed by atoms with Crippen LogP contribution in [0.4, 0.5) is 5.69 Å². The second kappa shape index (κ2) is 6.87. The quantitative estimate of drug-likeness (QED) is 0.801. The summed E-state index contributed by atoms with van der Waals surface area (Å²) in [4.78, 5) is 18.9. The van der Waals surface area contributed by atoms with Gasteiger partial charge in [-0.1, -0.05) is 6.08 Å². The number of hydrogen-bond donors (Lipinski definition) is 0. The van der Waals surface area contributed by atoms with Crippen LogP contribution in [0.2, 0.25) is 0 Å². The van der Waals surface area contributed by atoms with E-state index in [9.17, 15) is 4.79 Å². The normalized spacial score (nSPS) is 20.2. The fraction of sp³-hybridized carbons (Fsp3) is 0.429. The number of rotatable bonds is 5. The van der Waals surface area contributed by atoms with Gasteiger partial charge >= 0.3 is 0 Å². The van der Waals surface area contributed by atoms with Crippen molar-refractivity contribution in [3.63, 3.8) is 0 Å². The second-order valence-corrected chi connectivity index (χ2v) is 6.91. The summed E-state index contributed by atoms with van der Waals surface area (Å²) in [5, 5.41) is 0. The molecule has 1 aliphatic carbocycles. The van der Waals surface area contributed by atoms with Crippen molar-refractivity contribution in [1.29, 1.82) is 0 Å². The molecule has 25 heavy (non-hydrogen) atoms. The van der Waals surface area contributed by atoms with Gasteiger partial charge in [0.15, 0.2) is 0 Å². The number of benzene rings is 1. The number of aliphatic imine (C=N–C) groups is 1. The first-order chi connectivity index (χ1) is 12.2. The van der Waals surface area contributed by atoms with Gasteiger partial charge < -0.3 is 9.64 Å². The lowest BCUT2D eigenvalue weighted by atomic mass is 9.97. The predicted octanol–water partition coefficient (Wildman–Crippen LogP) is 4.36. The lowest BCUT2D eigenvalue weighted by Gasteiger charge is -2.25. The molecule has 2 heterocycles. The molecule has 0 N–H and O–H groups in total. The van der Waals surface area contributed by atoms with Crippen LogP contribution < -0.4 is 9.64 Å². The van der Waals surface area contributed by atoms with Crippen molar-refractivity contribution in [2.24, 2.45) is 10.9 Å². The van der Waals surface area contributed by atoms with Gasteiger partial charge in [0.1, 0.15) is 5.75 Å². The van der Waals surface area contributed by atoms with Crippen molar-refractivity contribution in [1.82, 2.24) is 0 Å². The van der Waals surface area contributed by atoms with Crippen LogP contribution in [0.5, 0.6) is 5.75 Å². The molecule has 1 fully saturated rings. The fourth-order valence-corrected chi connectivity index (χ4v) is 3.46. The van der Waals surface area contributed by atoms with Crippen LogP contribution in [0.1, 0.15) is 44.6 Å². The summed E-state index contributed by atoms with van der Waals surface area (Å²) >= 11 is 0. The Kier molecular flexibility index (Phi) is 4.43. The Bertz CT molecular complexity index is 772. The van der Waals surface area contributed by atoms with Gasteiger partial charge in [-0.2, -0.15) is 0 Å². The Morgan fingerprint density at radius 1 is 1.40 bits per heavy atom. The van der Waals surface area contributed by atoms with Crippen LogP contribution in [-0.2, 0) is 4.79 Å². The molecular weight excluding hydrogens is 312 g/mol. The van der Waals surface area contributed by atoms with Gasteiger partial charge in [0.05, 0.1) is 12.3 Å². The minimum absolute atomic E-state index is 0.232. The number of amides is 1. The number of nitrogens with zero attached hydrogens (tertiary/aromatic N) is 2. The zero-order chi connectivity index (χ0) is 17.2. The summed E-state index contributed by atoms with van der Waals surface area (Å²) < 4.78 is 5.82. The highest BCUT2D eigenvalue weighted by Gasteiger charge is 2.27. The zero-order valence-electron chi connectivity index (χ0n) is 14.7. The van der Waals surface area contributed by atoms with Crippen molar-refractivity contribution in [3.8, 4) is 5.75 Å². The molecule has 130 valence electrons. The zero-order valence-corrected chi connectivity index (χ0v) is 14.7. The van der Waals surface area contributed by atoms with E-state index in [1.807, 2.05) is 30.2 Å². The number of hydrogen-bond acceptors (Lipinski definition) is 3. The van der Waals surface area contributed by atoms with Gasteiger partial charge in [-0.05, 0) is 55.5 Å². The van der Waals surface area contributed by atoms with E-state index in [4.69, 9.17) is 4.74 Å². The lowest BCUT2D eigenvalue weighted by Crippen LogP contribution is -2.31. The van der Waals surface area contributed by atoms with Gasteiger partial charge in [0, 0.05) is 43.3 Å². The maximum atomic E-state index is 12.6. The molecule has 0 saturated heterocycles. The predicted molar refractivity (Wildman–Crippen MR) is 101 cm³/mol. The summed E-state index contributed by atoms with van der Waals surface area (Å²) in [5.74, 6) is 1.73. The third-order valence-electron chi connectivity index (χ3n) is 5.02. The van der Waals surface area contributed by atoms with Crippen LogP contribution >= 0.6 is 0 Å². The van der Waals surface area contributed by atoms with E-state index in [1.165, 1.54) is 18.4 Å². The molecule has 0 unspecified atom stereocenters. The molecule has 1 aromatic carbocycles. The van der Waals surface area contributed by atoms with E-state index < -0.39 is 0 Å². The number of anilines is 1. The molecule has 0 spiro atoms. The van der Waals surface area contributed by atoms with Crippen molar-refractivity contribution in [2.75, 3.05) is 18.1 Å². The van der Waals surface area contributed by atoms with E-state index in [0.29, 0.717) is 25.5 Å². The van der Waals surface area contributed by atoms with Gasteiger partial charge in [-0.25, -0.2) is 0 Å². The standard InChI is InChI=1S/C21H24N2O2/c1-2-23(21(24)12-15-5-6-15)18-7-8-20-19(14-18)16(9-11-25-20)13-17-4-3-10-22-17/h4,7-8,10,13-15H,2-3,5-6,9,11-12H2,1H3/b16-13+. The Morgan fingerprint density at radius 3 is 3.00 bits per heavy atom. The monoisotopic (exact) mass is 336 g/mol. The number of fused-ring (bicyclic) bond motifs is 1. The molecule has 1 saturated carbocycles. The highest BCUT2D eigenvalue weighted by atomic mass is 16.5. The summed E-state index contributed by atoms with van der Waals surface area (Å²) in [6, 6.07) is 6.11. The molecule has 4 rings (SSSR count). The topological polar surface area (TPSA) is 41.9 Å². The van der Waals surface area contributed by atoms with E-state index in [-0.39, 0.29) is 5.91 Å². The highest BCUT2D eigenvalue weighted by molar-refractivity contribution is 5.94. The molecule has 3 aliphatic rings. The number of ether oxygens (including phenoxy) is 1. The van der Waals surface area contributed by atoms with Crippen molar-refractivity contribution >= 4 is 23.4 Å². The molecule has 4 heteroatoms. The third-order valence-corrected chi connectivity index (χ3v) is 5.02. The van der Waals surface area contributed by atoms with Gasteiger partial charge in [0.25, 0.3) is 0 Å². The minimum Gasteiger partial charge on any atom is -0.493 e. The number of allylic oxidation sites excluding steroid dienone is 2. The first kappa shape index (κ1) is 16.1. The van der Waals surface area contributed by atoms with Gasteiger partial charge in [-0.15, -0.1) is 0 Å². The van der Waals surface area contributed by atoms with Crippen LogP contribution in [0.3, 0.4) is 0 Å². The molecule has 1 aromatic rings. The maximum Gasteiger partial charge on any atom is 0.227 e. The summed E-state index contributed by atoms with van der Waals surface area (Å²) in [5.41, 5.74) is 4.31. The molecule has 0 radical (unpaired) electrons.